The second-order valence-corrected chi connectivity index (χ2v) is 7.77. The summed E-state index contributed by atoms with van der Waals surface area (Å²) in [5.74, 6) is -0.179. The van der Waals surface area contributed by atoms with E-state index in [1.165, 1.54) is 0 Å². The summed E-state index contributed by atoms with van der Waals surface area (Å²) in [5.41, 5.74) is 4.10. The fourth-order valence-electron chi connectivity index (χ4n) is 3.72. The molecule has 0 aliphatic heterocycles. The lowest BCUT2D eigenvalue weighted by Gasteiger charge is -2.31. The minimum atomic E-state index is -0.583. The summed E-state index contributed by atoms with van der Waals surface area (Å²) in [6.07, 6.45) is 0.734. The second-order valence-electron chi connectivity index (χ2n) is 7.77. The topological polar surface area (TPSA) is 49.4 Å². The average molecular weight is 415 g/mol. The number of carbonyl (C=O) groups is 2. The molecule has 0 radical (unpaired) electrons. The van der Waals surface area contributed by atoms with Crippen molar-refractivity contribution in [2.75, 3.05) is 6.54 Å². The quantitative estimate of drug-likeness (QED) is 0.567. The molecule has 1 N–H and O–H groups in total. The number of benzene rings is 3. The molecule has 0 fully saturated rings. The van der Waals surface area contributed by atoms with Gasteiger partial charge in [0.15, 0.2) is 0 Å². The zero-order valence-corrected chi connectivity index (χ0v) is 18.3. The van der Waals surface area contributed by atoms with Crippen LogP contribution in [-0.2, 0) is 29.0 Å². The summed E-state index contributed by atoms with van der Waals surface area (Å²) < 4.78 is 0. The number of rotatable bonds is 9. The highest BCUT2D eigenvalue weighted by molar-refractivity contribution is 5.88. The number of carbonyl (C=O) groups excluding carboxylic acids is 2. The van der Waals surface area contributed by atoms with Gasteiger partial charge in [0.2, 0.25) is 11.8 Å². The van der Waals surface area contributed by atoms with Crippen LogP contribution in [-0.4, -0.2) is 29.3 Å². The molecular formula is C27H30N2O2. The third-order valence-electron chi connectivity index (χ3n) is 5.26. The van der Waals surface area contributed by atoms with Gasteiger partial charge in [-0.05, 0) is 30.5 Å². The molecule has 3 rings (SSSR count). The van der Waals surface area contributed by atoms with Crippen molar-refractivity contribution >= 4 is 11.8 Å². The van der Waals surface area contributed by atoms with Crippen molar-refractivity contribution in [3.05, 3.63) is 107 Å². The van der Waals surface area contributed by atoms with Crippen LogP contribution < -0.4 is 5.32 Å². The monoisotopic (exact) mass is 414 g/mol. The van der Waals surface area contributed by atoms with Crippen molar-refractivity contribution in [1.29, 1.82) is 0 Å². The number of aryl methyl sites for hydroxylation is 1. The van der Waals surface area contributed by atoms with Crippen LogP contribution >= 0.6 is 0 Å². The van der Waals surface area contributed by atoms with Crippen LogP contribution in [0.5, 0.6) is 0 Å². The van der Waals surface area contributed by atoms with Gasteiger partial charge >= 0.3 is 0 Å². The summed E-state index contributed by atoms with van der Waals surface area (Å²) in [6, 6.07) is 27.1. The number of likely N-dealkylation sites (N-methyl/N-ethyl adjacent to an activating group) is 1. The fourth-order valence-corrected chi connectivity index (χ4v) is 3.72. The Balaban J connectivity index is 1.93. The Bertz CT molecular complexity index is 986. The van der Waals surface area contributed by atoms with Crippen LogP contribution in [0.1, 0.15) is 29.2 Å². The highest BCUT2D eigenvalue weighted by Crippen LogP contribution is 2.17. The van der Waals surface area contributed by atoms with E-state index in [4.69, 9.17) is 0 Å². The Morgan fingerprint density at radius 3 is 2.06 bits per heavy atom. The lowest BCUT2D eigenvalue weighted by Crippen LogP contribution is -2.50. The van der Waals surface area contributed by atoms with E-state index in [1.807, 2.05) is 98.8 Å². The van der Waals surface area contributed by atoms with Crippen LogP contribution in [0.25, 0.3) is 0 Å². The summed E-state index contributed by atoms with van der Waals surface area (Å²) in [7, 11) is 0. The van der Waals surface area contributed by atoms with E-state index in [0.717, 1.165) is 22.3 Å². The molecule has 3 aromatic rings. The van der Waals surface area contributed by atoms with E-state index < -0.39 is 6.04 Å². The molecular weight excluding hydrogens is 384 g/mol. The highest BCUT2D eigenvalue weighted by atomic mass is 16.2. The summed E-state index contributed by atoms with van der Waals surface area (Å²) in [6.45, 7) is 4.83. The molecule has 0 aromatic heterocycles. The molecule has 3 aromatic carbocycles. The molecule has 0 saturated carbocycles. The average Bonchev–Trinajstić information content (AvgIpc) is 2.77. The SMILES string of the molecule is CCNC(=O)[C@H](Cc1ccccc1)N(Cc1ccccc1)C(=O)Cc1cccc(C)c1. The standard InChI is InChI=1S/C27H30N2O2/c1-3-28-27(31)25(18-22-12-6-4-7-13-22)29(20-23-14-8-5-9-15-23)26(30)19-24-16-10-11-21(2)17-24/h4-17,25H,3,18-20H2,1-2H3,(H,28,31)/t25-/m0/s1. The third-order valence-corrected chi connectivity index (χ3v) is 5.26. The molecule has 0 saturated heterocycles. The minimum absolute atomic E-state index is 0.0540. The first-order chi connectivity index (χ1) is 15.1. The van der Waals surface area contributed by atoms with Gasteiger partial charge in [0, 0.05) is 19.5 Å². The molecule has 4 heteroatoms. The highest BCUT2D eigenvalue weighted by Gasteiger charge is 2.30. The predicted octanol–water partition coefficient (Wildman–Crippen LogP) is 4.31. The van der Waals surface area contributed by atoms with Gasteiger partial charge in [-0.1, -0.05) is 90.5 Å². The Labute approximate surface area is 184 Å². The smallest absolute Gasteiger partial charge is 0.243 e. The van der Waals surface area contributed by atoms with Crippen LogP contribution in [0.3, 0.4) is 0 Å². The zero-order valence-electron chi connectivity index (χ0n) is 18.3. The first-order valence-corrected chi connectivity index (χ1v) is 10.8. The molecule has 160 valence electrons. The fraction of sp³-hybridized carbons (Fsp3) is 0.259. The van der Waals surface area contributed by atoms with Gasteiger partial charge in [-0.2, -0.15) is 0 Å². The maximum atomic E-state index is 13.5. The van der Waals surface area contributed by atoms with Gasteiger partial charge in [-0.25, -0.2) is 0 Å². The lowest BCUT2D eigenvalue weighted by molar-refractivity contribution is -0.140. The normalized spacial score (nSPS) is 11.5. The molecule has 0 aliphatic carbocycles. The second kappa shape index (κ2) is 11.1. The number of amides is 2. The first kappa shape index (κ1) is 22.3. The summed E-state index contributed by atoms with van der Waals surface area (Å²) in [4.78, 5) is 28.3. The molecule has 1 atom stereocenters. The molecule has 4 nitrogen and oxygen atoms in total. The molecule has 31 heavy (non-hydrogen) atoms. The van der Waals surface area contributed by atoms with Gasteiger partial charge in [0.1, 0.15) is 6.04 Å². The number of nitrogens with zero attached hydrogens (tertiary/aromatic N) is 1. The van der Waals surface area contributed by atoms with Gasteiger partial charge in [-0.3, -0.25) is 9.59 Å². The van der Waals surface area contributed by atoms with Gasteiger partial charge in [0.05, 0.1) is 6.42 Å². The van der Waals surface area contributed by atoms with Gasteiger partial charge < -0.3 is 10.2 Å². The first-order valence-electron chi connectivity index (χ1n) is 10.8. The van der Waals surface area contributed by atoms with Crippen molar-refractivity contribution in [2.45, 2.75) is 39.3 Å². The van der Waals surface area contributed by atoms with Crippen LogP contribution in [0, 0.1) is 6.92 Å². The maximum absolute atomic E-state index is 13.5. The number of hydrogen-bond donors (Lipinski definition) is 1. The summed E-state index contributed by atoms with van der Waals surface area (Å²) in [5, 5.41) is 2.93. The Hall–Kier alpha value is -3.40. The maximum Gasteiger partial charge on any atom is 0.243 e. The summed E-state index contributed by atoms with van der Waals surface area (Å²) >= 11 is 0. The van der Waals surface area contributed by atoms with E-state index in [2.05, 4.69) is 5.32 Å². The van der Waals surface area contributed by atoms with E-state index in [1.54, 1.807) is 4.90 Å². The minimum Gasteiger partial charge on any atom is -0.355 e. The molecule has 0 heterocycles. The largest absolute Gasteiger partial charge is 0.355 e. The van der Waals surface area contributed by atoms with Gasteiger partial charge in [-0.15, -0.1) is 0 Å². The Morgan fingerprint density at radius 2 is 1.45 bits per heavy atom. The van der Waals surface area contributed by atoms with Crippen LogP contribution in [0.4, 0.5) is 0 Å². The predicted molar refractivity (Wildman–Crippen MR) is 124 cm³/mol. The molecule has 2 amide bonds. The van der Waals surface area contributed by atoms with E-state index >= 15 is 0 Å². The van der Waals surface area contributed by atoms with E-state index in [0.29, 0.717) is 19.5 Å². The third kappa shape index (κ3) is 6.54. The van der Waals surface area contributed by atoms with Crippen molar-refractivity contribution < 1.29 is 9.59 Å². The lowest BCUT2D eigenvalue weighted by atomic mass is 10.0. The van der Waals surface area contributed by atoms with Crippen molar-refractivity contribution in [2.24, 2.45) is 0 Å². The van der Waals surface area contributed by atoms with Gasteiger partial charge in [0.25, 0.3) is 0 Å². The molecule has 0 aliphatic rings. The molecule has 0 bridgehead atoms. The Morgan fingerprint density at radius 1 is 0.839 bits per heavy atom. The van der Waals surface area contributed by atoms with Crippen LogP contribution in [0.15, 0.2) is 84.9 Å². The van der Waals surface area contributed by atoms with E-state index in [-0.39, 0.29) is 18.2 Å². The van der Waals surface area contributed by atoms with Crippen molar-refractivity contribution in [3.8, 4) is 0 Å². The molecule has 0 unspecified atom stereocenters. The Kier molecular flexibility index (Phi) is 7.99. The number of nitrogens with one attached hydrogen (secondary N) is 1. The zero-order chi connectivity index (χ0) is 22.1. The van der Waals surface area contributed by atoms with E-state index in [9.17, 15) is 9.59 Å². The van der Waals surface area contributed by atoms with Crippen LogP contribution in [0.2, 0.25) is 0 Å². The van der Waals surface area contributed by atoms with Crippen molar-refractivity contribution in [1.82, 2.24) is 10.2 Å². The van der Waals surface area contributed by atoms with Crippen molar-refractivity contribution in [3.63, 3.8) is 0 Å². The molecule has 0 spiro atoms. The number of hydrogen-bond acceptors (Lipinski definition) is 2.